The summed E-state index contributed by atoms with van der Waals surface area (Å²) in [6, 6.07) is 8.15. The lowest BCUT2D eigenvalue weighted by Crippen LogP contribution is -2.14. The van der Waals surface area contributed by atoms with Gasteiger partial charge < -0.3 is 14.8 Å². The fourth-order valence-electron chi connectivity index (χ4n) is 1.76. The van der Waals surface area contributed by atoms with Gasteiger partial charge in [-0.15, -0.1) is 0 Å². The molecule has 0 unspecified atom stereocenters. The first-order valence-electron chi connectivity index (χ1n) is 5.65. The topological polar surface area (TPSA) is 33.1 Å². The molecule has 90 valence electrons. The van der Waals surface area contributed by atoms with Crippen LogP contribution in [0.4, 0.5) is 11.5 Å². The van der Waals surface area contributed by atoms with Crippen LogP contribution in [0.25, 0.3) is 0 Å². The minimum absolute atomic E-state index is 0.802. The highest BCUT2D eigenvalue weighted by atomic mass is 15.2. The first-order valence-corrected chi connectivity index (χ1v) is 5.65. The summed E-state index contributed by atoms with van der Waals surface area (Å²) in [6.07, 6.45) is 3.86. The maximum Gasteiger partial charge on any atom is 0.151 e. The van der Waals surface area contributed by atoms with E-state index in [4.69, 9.17) is 0 Å². The van der Waals surface area contributed by atoms with E-state index in [9.17, 15) is 0 Å². The minimum atomic E-state index is 0.802. The maximum atomic E-state index is 4.36. The quantitative estimate of drug-likeness (QED) is 0.873. The van der Waals surface area contributed by atoms with E-state index < -0.39 is 0 Å². The molecule has 1 N–H and O–H groups in total. The Balaban J connectivity index is 2.11. The van der Waals surface area contributed by atoms with Gasteiger partial charge in [0.2, 0.25) is 0 Å². The molecule has 0 amide bonds. The monoisotopic (exact) mass is 230 g/mol. The zero-order chi connectivity index (χ0) is 12.3. The van der Waals surface area contributed by atoms with Crippen LogP contribution >= 0.6 is 0 Å². The van der Waals surface area contributed by atoms with Crippen LogP contribution in [-0.4, -0.2) is 23.6 Å². The molecule has 0 aliphatic carbocycles. The number of hydrogen-bond donors (Lipinski definition) is 1. The van der Waals surface area contributed by atoms with Crippen molar-refractivity contribution in [2.45, 2.75) is 6.54 Å². The summed E-state index contributed by atoms with van der Waals surface area (Å²) in [6.45, 7) is 0.802. The van der Waals surface area contributed by atoms with E-state index in [-0.39, 0.29) is 0 Å². The molecule has 4 heteroatoms. The summed E-state index contributed by atoms with van der Waals surface area (Å²) in [5.74, 6) is 0.960. The molecule has 0 spiro atoms. The highest BCUT2D eigenvalue weighted by Crippen LogP contribution is 2.20. The highest BCUT2D eigenvalue weighted by Gasteiger charge is 2.05. The molecule has 2 aromatic rings. The first kappa shape index (κ1) is 11.5. The van der Waals surface area contributed by atoms with Gasteiger partial charge in [-0.3, -0.25) is 0 Å². The Morgan fingerprint density at radius 2 is 2.12 bits per heavy atom. The van der Waals surface area contributed by atoms with Crippen LogP contribution in [-0.2, 0) is 13.6 Å². The van der Waals surface area contributed by atoms with E-state index in [0.29, 0.717) is 0 Å². The van der Waals surface area contributed by atoms with Crippen molar-refractivity contribution in [2.24, 2.45) is 7.05 Å². The molecule has 0 bridgehead atoms. The number of nitrogens with one attached hydrogen (secondary N) is 1. The lowest BCUT2D eigenvalue weighted by molar-refractivity contribution is 0.841. The molecule has 0 aromatic carbocycles. The Labute approximate surface area is 102 Å². The number of aromatic nitrogens is 2. The summed E-state index contributed by atoms with van der Waals surface area (Å²) in [7, 11) is 6.04. The Morgan fingerprint density at radius 1 is 1.29 bits per heavy atom. The molecule has 0 saturated heterocycles. The zero-order valence-electron chi connectivity index (χ0n) is 10.5. The molecule has 2 rings (SSSR count). The second kappa shape index (κ2) is 4.91. The Bertz CT molecular complexity index is 488. The van der Waals surface area contributed by atoms with Crippen LogP contribution in [0, 0.1) is 0 Å². The molecule has 0 aliphatic rings. The van der Waals surface area contributed by atoms with Gasteiger partial charge in [-0.1, -0.05) is 0 Å². The summed E-state index contributed by atoms with van der Waals surface area (Å²) < 4.78 is 2.11. The summed E-state index contributed by atoms with van der Waals surface area (Å²) in [5.41, 5.74) is 2.30. The average molecular weight is 230 g/mol. The Kier molecular flexibility index (Phi) is 3.32. The van der Waals surface area contributed by atoms with Crippen LogP contribution in [0.2, 0.25) is 0 Å². The van der Waals surface area contributed by atoms with Crippen LogP contribution in [0.3, 0.4) is 0 Å². The average Bonchev–Trinajstić information content (AvgIpc) is 2.72. The van der Waals surface area contributed by atoms with E-state index in [1.54, 1.807) is 0 Å². The van der Waals surface area contributed by atoms with Gasteiger partial charge in [0.05, 0.1) is 12.2 Å². The van der Waals surface area contributed by atoms with E-state index in [1.165, 1.54) is 5.69 Å². The number of aryl methyl sites for hydroxylation is 1. The van der Waals surface area contributed by atoms with Crippen molar-refractivity contribution >= 4 is 11.5 Å². The highest BCUT2D eigenvalue weighted by molar-refractivity contribution is 5.64. The maximum absolute atomic E-state index is 4.36. The van der Waals surface area contributed by atoms with Crippen LogP contribution in [0.5, 0.6) is 0 Å². The number of rotatable bonds is 4. The third-order valence-corrected chi connectivity index (χ3v) is 2.72. The zero-order valence-corrected chi connectivity index (χ0v) is 10.5. The second-order valence-electron chi connectivity index (χ2n) is 4.23. The van der Waals surface area contributed by atoms with Gasteiger partial charge >= 0.3 is 0 Å². The van der Waals surface area contributed by atoms with Crippen molar-refractivity contribution < 1.29 is 0 Å². The van der Waals surface area contributed by atoms with Crippen molar-refractivity contribution in [1.82, 2.24) is 9.55 Å². The van der Waals surface area contributed by atoms with Crippen LogP contribution in [0.15, 0.2) is 36.7 Å². The molecule has 0 fully saturated rings. The smallest absolute Gasteiger partial charge is 0.151 e. The normalized spacial score (nSPS) is 10.3. The molecule has 0 saturated carbocycles. The van der Waals surface area contributed by atoms with Crippen molar-refractivity contribution in [3.63, 3.8) is 0 Å². The van der Waals surface area contributed by atoms with E-state index in [1.807, 2.05) is 56.6 Å². The predicted octanol–water partition coefficient (Wildman–Crippen LogP) is 2.10. The van der Waals surface area contributed by atoms with Gasteiger partial charge in [0, 0.05) is 39.2 Å². The van der Waals surface area contributed by atoms with Gasteiger partial charge in [0.1, 0.15) is 0 Å². The van der Waals surface area contributed by atoms with Crippen molar-refractivity contribution in [3.8, 4) is 0 Å². The van der Waals surface area contributed by atoms with Crippen molar-refractivity contribution in [2.75, 3.05) is 24.3 Å². The fraction of sp³-hybridized carbons (Fsp3) is 0.308. The molecule has 17 heavy (non-hydrogen) atoms. The number of pyridine rings is 1. The van der Waals surface area contributed by atoms with Gasteiger partial charge in [-0.2, -0.15) is 0 Å². The minimum Gasteiger partial charge on any atom is -0.376 e. The molecular formula is C13H18N4. The van der Waals surface area contributed by atoms with Gasteiger partial charge in [0.15, 0.2) is 5.82 Å². The number of anilines is 2. The van der Waals surface area contributed by atoms with Crippen molar-refractivity contribution in [3.05, 3.63) is 42.4 Å². The largest absolute Gasteiger partial charge is 0.376 e. The molecule has 0 radical (unpaired) electrons. The first-order chi connectivity index (χ1) is 8.18. The van der Waals surface area contributed by atoms with Crippen LogP contribution in [0.1, 0.15) is 5.69 Å². The molecule has 2 heterocycles. The molecule has 0 aliphatic heterocycles. The number of nitrogens with zero attached hydrogens (tertiary/aromatic N) is 3. The lowest BCUT2D eigenvalue weighted by atomic mass is 10.3. The van der Waals surface area contributed by atoms with E-state index in [0.717, 1.165) is 18.1 Å². The third kappa shape index (κ3) is 2.58. The Morgan fingerprint density at radius 3 is 2.76 bits per heavy atom. The van der Waals surface area contributed by atoms with E-state index >= 15 is 0 Å². The molecule has 2 aromatic heterocycles. The van der Waals surface area contributed by atoms with Crippen LogP contribution < -0.4 is 10.2 Å². The molecular weight excluding hydrogens is 212 g/mol. The Hall–Kier alpha value is -1.97. The van der Waals surface area contributed by atoms with Crippen molar-refractivity contribution in [1.29, 1.82) is 0 Å². The van der Waals surface area contributed by atoms with Gasteiger partial charge in [-0.05, 0) is 24.3 Å². The lowest BCUT2D eigenvalue weighted by Gasteiger charge is -2.17. The summed E-state index contributed by atoms with van der Waals surface area (Å²) >= 11 is 0. The van der Waals surface area contributed by atoms with Gasteiger partial charge in [-0.25, -0.2) is 4.98 Å². The number of hydrogen-bond acceptors (Lipinski definition) is 3. The third-order valence-electron chi connectivity index (χ3n) is 2.72. The standard InChI is InChI=1S/C13H18N4/c1-16(2)13-12(7-4-8-14-13)15-10-11-6-5-9-17(11)3/h4-9,15H,10H2,1-3H3. The predicted molar refractivity (Wildman–Crippen MR) is 71.3 cm³/mol. The SMILES string of the molecule is CN(C)c1ncccc1NCc1cccn1C. The molecule has 4 nitrogen and oxygen atoms in total. The van der Waals surface area contributed by atoms with E-state index in [2.05, 4.69) is 20.9 Å². The molecule has 0 atom stereocenters. The summed E-state index contributed by atoms with van der Waals surface area (Å²) in [4.78, 5) is 6.36. The fourth-order valence-corrected chi connectivity index (χ4v) is 1.76. The second-order valence-corrected chi connectivity index (χ2v) is 4.23. The van der Waals surface area contributed by atoms with Gasteiger partial charge in [0.25, 0.3) is 0 Å². The summed E-state index contributed by atoms with van der Waals surface area (Å²) in [5, 5.41) is 3.41.